The molecule has 2 aromatic rings. The smallest absolute Gasteiger partial charge is 0.325 e. The molecular weight excluding hydrogens is 1160 g/mol. The quantitative estimate of drug-likeness (QED) is 0.0430. The first-order valence-corrected chi connectivity index (χ1v) is 35.0. The molecule has 4 aliphatic heterocycles. The predicted molar refractivity (Wildman–Crippen MR) is 367 cm³/mol. The largest absolute Gasteiger partial charge is 0.461 e. The molecule has 0 spiro atoms. The third kappa shape index (κ3) is 21.0. The molecule has 0 aliphatic carbocycles. The minimum absolute atomic E-state index is 0.199. The van der Waals surface area contributed by atoms with E-state index in [0.717, 1.165) is 51.4 Å². The van der Waals surface area contributed by atoms with Gasteiger partial charge in [-0.25, -0.2) is 0 Å². The summed E-state index contributed by atoms with van der Waals surface area (Å²) >= 11 is 0. The second-order valence-corrected chi connectivity index (χ2v) is 33.3. The molecule has 2 unspecified atom stereocenters. The predicted octanol–water partition coefficient (Wildman–Crippen LogP) is 13.7. The van der Waals surface area contributed by atoms with Crippen molar-refractivity contribution in [3.05, 3.63) is 71.8 Å². The fourth-order valence-corrected chi connectivity index (χ4v) is 16.3. The van der Waals surface area contributed by atoms with Gasteiger partial charge in [-0.3, -0.25) is 48.4 Å². The third-order valence-electron chi connectivity index (χ3n) is 22.5. The van der Waals surface area contributed by atoms with Gasteiger partial charge in [0.2, 0.25) is 11.8 Å². The number of ether oxygens (including phenoxy) is 4. The lowest BCUT2D eigenvalue weighted by atomic mass is 9.76. The number of nitrogens with zero attached hydrogens (tertiary/aromatic N) is 6. The van der Waals surface area contributed by atoms with Gasteiger partial charge >= 0.3 is 23.9 Å². The molecule has 4 aliphatic rings. The van der Waals surface area contributed by atoms with Crippen LogP contribution in [0.3, 0.4) is 0 Å². The maximum Gasteiger partial charge on any atom is 0.325 e. The highest BCUT2D eigenvalue weighted by atomic mass is 16.6. The van der Waals surface area contributed by atoms with Crippen LogP contribution in [0, 0.1) is 0 Å². The summed E-state index contributed by atoms with van der Waals surface area (Å²) in [5, 5.41) is 0. The van der Waals surface area contributed by atoms with E-state index in [1.807, 2.05) is 0 Å². The van der Waals surface area contributed by atoms with E-state index >= 15 is 0 Å². The molecule has 4 saturated heterocycles. The van der Waals surface area contributed by atoms with Crippen molar-refractivity contribution in [2.75, 3.05) is 54.4 Å². The lowest BCUT2D eigenvalue weighted by Gasteiger charge is -2.53. The van der Waals surface area contributed by atoms with Crippen molar-refractivity contribution < 1.29 is 47.7 Å². The molecule has 0 N–H and O–H groups in total. The van der Waals surface area contributed by atoms with E-state index < -0.39 is 23.9 Å². The Labute approximate surface area is 556 Å². The molecule has 0 bridgehead atoms. The molecule has 2 aromatic carbocycles. The number of rotatable bonds is 29. The van der Waals surface area contributed by atoms with Gasteiger partial charge in [-0.05, 0) is 188 Å². The van der Waals surface area contributed by atoms with Gasteiger partial charge in [0.25, 0.3) is 0 Å². The van der Waals surface area contributed by atoms with Crippen LogP contribution in [-0.2, 0) is 47.7 Å². The summed E-state index contributed by atoms with van der Waals surface area (Å²) in [7, 11) is 8.43. The molecule has 0 aromatic heterocycles. The Hall–Kier alpha value is -4.90. The second-order valence-electron chi connectivity index (χ2n) is 33.3. The number of unbranched alkanes of at least 4 members (excludes halogenated alkanes) is 6. The Kier molecular flexibility index (Phi) is 25.9. The molecule has 92 heavy (non-hydrogen) atoms. The molecule has 16 heteroatoms. The third-order valence-corrected chi connectivity index (χ3v) is 22.5. The number of piperidine rings is 4. The molecular formula is C76H124N6O10. The van der Waals surface area contributed by atoms with Crippen molar-refractivity contribution in [3.8, 4) is 0 Å². The molecule has 2 amide bonds. The Morgan fingerprint density at radius 2 is 0.554 bits per heavy atom. The summed E-state index contributed by atoms with van der Waals surface area (Å²) in [5.74, 6) is -2.07. The Morgan fingerprint density at radius 3 is 0.772 bits per heavy atom. The zero-order valence-electron chi connectivity index (χ0n) is 61.0. The zero-order chi connectivity index (χ0) is 68.4. The summed E-state index contributed by atoms with van der Waals surface area (Å²) < 4.78 is 24.5. The minimum atomic E-state index is -0.509. The SMILES string of the molecule is CN1C(C)(C)CC(OC(=O)CN(CC(=O)OC2CC(C)(C)N(C)C(C)(C)C2)C(=O)CCCCCCC(c2ccccc2)C(CCCCCCC(=O)N(CC(=O)OC2CC(C)(C)N(C)C(C)(C)C2)CC(=O)OC2CC(C)(C)N(C)C(C)(C)C2)c2ccccc2)CC1(C)C. The number of hydrogen-bond acceptors (Lipinski definition) is 14. The van der Waals surface area contributed by atoms with Gasteiger partial charge in [0.05, 0.1) is 0 Å². The van der Waals surface area contributed by atoms with E-state index in [1.54, 1.807) is 0 Å². The number of esters is 4. The Morgan fingerprint density at radius 1 is 0.348 bits per heavy atom. The second kappa shape index (κ2) is 31.3. The summed E-state index contributed by atoms with van der Waals surface area (Å²) in [6.07, 6.45) is 12.9. The molecule has 4 heterocycles. The first kappa shape index (κ1) is 76.1. The van der Waals surface area contributed by atoms with Crippen LogP contribution < -0.4 is 0 Å². The summed E-state index contributed by atoms with van der Waals surface area (Å²) in [5.41, 5.74) is 0.994. The van der Waals surface area contributed by atoms with Crippen LogP contribution in [0.15, 0.2) is 60.7 Å². The lowest BCUT2D eigenvalue weighted by Crippen LogP contribution is -2.60. The van der Waals surface area contributed by atoms with E-state index in [4.69, 9.17) is 18.9 Å². The summed E-state index contributed by atoms with van der Waals surface area (Å²) in [6, 6.07) is 21.5. The number of carbonyl (C=O) groups excluding carboxylic acids is 6. The topological polar surface area (TPSA) is 159 Å². The highest BCUT2D eigenvalue weighted by Crippen LogP contribution is 2.44. The van der Waals surface area contributed by atoms with E-state index in [2.05, 4.69) is 219 Å². The lowest BCUT2D eigenvalue weighted by molar-refractivity contribution is -0.168. The van der Waals surface area contributed by atoms with Crippen LogP contribution in [0.1, 0.15) is 262 Å². The van der Waals surface area contributed by atoms with E-state index in [9.17, 15) is 28.8 Å². The summed E-state index contributed by atoms with van der Waals surface area (Å²) in [6.45, 7) is 33.3. The van der Waals surface area contributed by atoms with Crippen molar-refractivity contribution in [1.82, 2.24) is 29.4 Å². The van der Waals surface area contributed by atoms with Crippen LogP contribution in [0.2, 0.25) is 0 Å². The number of likely N-dealkylation sites (tertiary alicyclic amines) is 4. The molecule has 4 fully saturated rings. The minimum Gasteiger partial charge on any atom is -0.461 e. The average molecular weight is 1280 g/mol. The Balaban J connectivity index is 1.05. The molecule has 6 rings (SSSR count). The van der Waals surface area contributed by atoms with Crippen molar-refractivity contribution in [1.29, 1.82) is 0 Å². The number of amides is 2. The summed E-state index contributed by atoms with van der Waals surface area (Å²) in [4.78, 5) is 95.7. The first-order chi connectivity index (χ1) is 42.6. The van der Waals surface area contributed by atoms with Gasteiger partial charge in [-0.1, -0.05) is 99.2 Å². The first-order valence-electron chi connectivity index (χ1n) is 35.0. The van der Waals surface area contributed by atoms with E-state index in [0.29, 0.717) is 64.2 Å². The van der Waals surface area contributed by atoms with Gasteiger partial charge in [0, 0.05) is 109 Å². The van der Waals surface area contributed by atoms with Crippen LogP contribution in [0.4, 0.5) is 0 Å². The van der Waals surface area contributed by atoms with Gasteiger partial charge in [-0.15, -0.1) is 0 Å². The van der Waals surface area contributed by atoms with Crippen LogP contribution in [0.25, 0.3) is 0 Å². The highest BCUT2D eigenvalue weighted by molar-refractivity contribution is 5.87. The molecule has 16 nitrogen and oxygen atoms in total. The van der Waals surface area contributed by atoms with Crippen molar-refractivity contribution in [2.45, 2.75) is 320 Å². The van der Waals surface area contributed by atoms with Crippen molar-refractivity contribution >= 4 is 35.7 Å². The van der Waals surface area contributed by atoms with Crippen molar-refractivity contribution in [3.63, 3.8) is 0 Å². The van der Waals surface area contributed by atoms with E-state index in [1.165, 1.54) is 20.9 Å². The van der Waals surface area contributed by atoms with Gasteiger partial charge in [-0.2, -0.15) is 0 Å². The fourth-order valence-electron chi connectivity index (χ4n) is 16.3. The van der Waals surface area contributed by atoms with Gasteiger partial charge in [0.15, 0.2) is 0 Å². The molecule has 518 valence electrons. The number of hydrogen-bond donors (Lipinski definition) is 0. The normalized spacial score (nSPS) is 22.3. The maximum absolute atomic E-state index is 14.2. The van der Waals surface area contributed by atoms with Crippen LogP contribution in [-0.4, -0.2) is 188 Å². The van der Waals surface area contributed by atoms with Gasteiger partial charge < -0.3 is 28.7 Å². The maximum atomic E-state index is 14.2. The zero-order valence-corrected chi connectivity index (χ0v) is 61.0. The standard InChI is InChI=1S/C76H124N6O10/c1-69(2)43-57(44-70(3,4)77(69)17)89-65(85)51-81(52-66(86)90-58-45-71(5,6)78(18)72(7,8)46-58)63(83)41-33-23-21-31-39-61(55-35-27-25-28-36-55)62(56-37-29-26-30-38-56)40-32-22-24-34-42-64(84)82(53-67(87)91-59-47-73(9,10)79(19)74(11,12)48-59)54-68(88)92-60-49-75(13,14)80(20)76(15,16)50-60/h25-30,35-38,57-62H,21-24,31-34,39-54H2,1-20H3. The fraction of sp³-hybridized carbons (Fsp3) is 0.763. The van der Waals surface area contributed by atoms with Crippen LogP contribution >= 0.6 is 0 Å². The van der Waals surface area contributed by atoms with Gasteiger partial charge in [0.1, 0.15) is 50.6 Å². The molecule has 2 atom stereocenters. The molecule has 0 saturated carbocycles. The number of carbonyl (C=O) groups is 6. The van der Waals surface area contributed by atoms with Crippen LogP contribution in [0.5, 0.6) is 0 Å². The average Bonchev–Trinajstić information content (AvgIpc) is 0.811. The van der Waals surface area contributed by atoms with E-state index in [-0.39, 0.29) is 131 Å². The molecule has 0 radical (unpaired) electrons. The monoisotopic (exact) mass is 1280 g/mol. The highest BCUT2D eigenvalue weighted by Gasteiger charge is 2.49. The van der Waals surface area contributed by atoms with Crippen molar-refractivity contribution in [2.24, 2.45) is 0 Å². The number of benzene rings is 2. The Bertz CT molecular complexity index is 2390.